The van der Waals surface area contributed by atoms with Gasteiger partial charge in [-0.2, -0.15) is 0 Å². The zero-order valence-electron chi connectivity index (χ0n) is 36.6. The monoisotopic (exact) mass is 846 g/mol. The average Bonchev–Trinajstić information content (AvgIpc) is 4.04. The van der Waals surface area contributed by atoms with E-state index >= 15 is 0 Å². The summed E-state index contributed by atoms with van der Waals surface area (Å²) in [5, 5.41) is 5.10. The van der Waals surface area contributed by atoms with Crippen molar-refractivity contribution in [1.82, 2.24) is 9.13 Å². The maximum Gasteiger partial charge on any atom is 0.119 e. The van der Waals surface area contributed by atoms with Crippen molar-refractivity contribution in [2.45, 2.75) is 6.42 Å². The molecule has 0 unspecified atom stereocenters. The third-order valence-electron chi connectivity index (χ3n) is 12.9. The lowest BCUT2D eigenvalue weighted by Gasteiger charge is -2.12. The summed E-state index contributed by atoms with van der Waals surface area (Å²) in [4.78, 5) is 0. The molecule has 3 nitrogen and oxygen atoms in total. The number of hydrogen-bond donors (Lipinski definition) is 0. The van der Waals surface area contributed by atoms with E-state index in [1.807, 2.05) is 0 Å². The van der Waals surface area contributed by atoms with E-state index in [9.17, 15) is 0 Å². The molecular formula is C63H46N2O. The molecule has 0 saturated heterocycles. The summed E-state index contributed by atoms with van der Waals surface area (Å²) in [6.45, 7) is 13.9. The highest BCUT2D eigenvalue weighted by molar-refractivity contribution is 6.11. The number of benzene rings is 9. The Labute approximate surface area is 385 Å². The summed E-state index contributed by atoms with van der Waals surface area (Å²) >= 11 is 0. The number of allylic oxidation sites excluding steroid dienone is 2. The molecule has 0 radical (unpaired) electrons. The molecule has 66 heavy (non-hydrogen) atoms. The van der Waals surface area contributed by atoms with Crippen molar-refractivity contribution in [3.8, 4) is 55.9 Å². The van der Waals surface area contributed by atoms with Gasteiger partial charge in [-0.05, 0) is 141 Å². The number of rotatable bonds is 9. The van der Waals surface area contributed by atoms with E-state index in [-0.39, 0.29) is 0 Å². The van der Waals surface area contributed by atoms with Gasteiger partial charge in [-0.3, -0.25) is 0 Å². The molecule has 0 amide bonds. The van der Waals surface area contributed by atoms with Crippen LogP contribution in [-0.2, 0) is 11.2 Å². The topological polar surface area (TPSA) is 19.1 Å². The lowest BCUT2D eigenvalue weighted by atomic mass is 9.97. The average molecular weight is 847 g/mol. The van der Waals surface area contributed by atoms with Crippen molar-refractivity contribution in [1.29, 1.82) is 0 Å². The van der Waals surface area contributed by atoms with Crippen molar-refractivity contribution < 1.29 is 4.74 Å². The third-order valence-corrected chi connectivity index (χ3v) is 12.9. The molecule has 1 aliphatic carbocycles. The van der Waals surface area contributed by atoms with Crippen LogP contribution >= 0.6 is 0 Å². The van der Waals surface area contributed by atoms with Gasteiger partial charge in [-0.15, -0.1) is 0 Å². The number of hydrogen-bond acceptors (Lipinski definition) is 1. The van der Waals surface area contributed by atoms with Gasteiger partial charge in [0.1, 0.15) is 11.5 Å². The molecule has 0 aliphatic heterocycles. The first-order valence-corrected chi connectivity index (χ1v) is 22.3. The molecule has 0 fully saturated rings. The second-order valence-corrected chi connectivity index (χ2v) is 16.8. The molecule has 0 atom stereocenters. The smallest absolute Gasteiger partial charge is 0.119 e. The van der Waals surface area contributed by atoms with Crippen molar-refractivity contribution in [2.24, 2.45) is 0 Å². The molecular weight excluding hydrogens is 801 g/mol. The van der Waals surface area contributed by atoms with E-state index in [0.29, 0.717) is 11.5 Å². The SMILES string of the molecule is C=CC(=C)OC(=C)C=C.c1ccc(-c2cccc(-c3ccc(-n4c5ccccc5c5cc(-c6ccc7c(c6)-c6cc(-n8c9ccccc9c9ccccc98)ccc6C7)ccc54)cc3)c2)cc1. The largest absolute Gasteiger partial charge is 0.459 e. The molecule has 314 valence electrons. The first-order chi connectivity index (χ1) is 32.4. The van der Waals surface area contributed by atoms with E-state index < -0.39 is 0 Å². The lowest BCUT2D eigenvalue weighted by molar-refractivity contribution is 0.340. The Morgan fingerprint density at radius 1 is 0.364 bits per heavy atom. The zero-order chi connectivity index (χ0) is 44.7. The van der Waals surface area contributed by atoms with Crippen LogP contribution in [0.15, 0.2) is 256 Å². The van der Waals surface area contributed by atoms with Crippen LogP contribution in [0.5, 0.6) is 0 Å². The number of nitrogens with zero attached hydrogens (tertiary/aromatic N) is 2. The van der Waals surface area contributed by atoms with Gasteiger partial charge >= 0.3 is 0 Å². The van der Waals surface area contributed by atoms with Crippen molar-refractivity contribution in [2.75, 3.05) is 0 Å². The second-order valence-electron chi connectivity index (χ2n) is 16.8. The van der Waals surface area contributed by atoms with Crippen LogP contribution in [0.4, 0.5) is 0 Å². The molecule has 2 aromatic heterocycles. The summed E-state index contributed by atoms with van der Waals surface area (Å²) < 4.78 is 9.76. The summed E-state index contributed by atoms with van der Waals surface area (Å²) in [6.07, 6.45) is 3.98. The molecule has 11 aromatic rings. The van der Waals surface area contributed by atoms with E-state index in [1.165, 1.54) is 117 Å². The lowest BCUT2D eigenvalue weighted by Crippen LogP contribution is -1.94. The van der Waals surface area contributed by atoms with E-state index in [4.69, 9.17) is 4.74 Å². The fourth-order valence-electron chi connectivity index (χ4n) is 9.67. The minimum Gasteiger partial charge on any atom is -0.459 e. The van der Waals surface area contributed by atoms with E-state index in [2.05, 4.69) is 242 Å². The van der Waals surface area contributed by atoms with Crippen molar-refractivity contribution in [3.63, 3.8) is 0 Å². The minimum absolute atomic E-state index is 0.486. The van der Waals surface area contributed by atoms with Gasteiger partial charge in [0.15, 0.2) is 0 Å². The predicted molar refractivity (Wildman–Crippen MR) is 279 cm³/mol. The summed E-state index contributed by atoms with van der Waals surface area (Å²) in [7, 11) is 0. The van der Waals surface area contributed by atoms with Crippen molar-refractivity contribution in [3.05, 3.63) is 267 Å². The zero-order valence-corrected chi connectivity index (χ0v) is 36.6. The van der Waals surface area contributed by atoms with Crippen LogP contribution in [0, 0.1) is 0 Å². The number of ether oxygens (including phenoxy) is 1. The van der Waals surface area contributed by atoms with Gasteiger partial charge in [0.25, 0.3) is 0 Å². The molecule has 0 N–H and O–H groups in total. The van der Waals surface area contributed by atoms with Crippen LogP contribution in [-0.4, -0.2) is 9.13 Å². The summed E-state index contributed by atoms with van der Waals surface area (Å²) in [5.74, 6) is 0.972. The standard InChI is InChI=1S/C55H36N2.C8H10O/c1-2-11-36(12-3-1)38-13-10-14-39(31-38)37-23-27-44(28-24-37)56-54-20-9-6-17-48(54)51-34-41(26-30-55(51)56)40-21-22-42-32-43-25-29-45(35-50(43)49(42)33-40)57-52-18-7-4-15-46(52)47-16-5-8-19-53(47)57;1-5-7(3)9-8(4)6-2/h1-31,33-35H,32H2;5-6H,1-4H2. The Morgan fingerprint density at radius 3 is 1.41 bits per heavy atom. The quantitative estimate of drug-likeness (QED) is 0.105. The van der Waals surface area contributed by atoms with Gasteiger partial charge in [-0.25, -0.2) is 0 Å². The molecule has 2 heterocycles. The molecule has 0 saturated carbocycles. The summed E-state index contributed by atoms with van der Waals surface area (Å²) in [5.41, 5.74) is 20.1. The highest BCUT2D eigenvalue weighted by atomic mass is 16.5. The fraction of sp³-hybridized carbons (Fsp3) is 0.0159. The van der Waals surface area contributed by atoms with Gasteiger partial charge in [-0.1, -0.05) is 166 Å². The highest BCUT2D eigenvalue weighted by Crippen LogP contribution is 2.43. The normalized spacial score (nSPS) is 11.5. The van der Waals surface area contributed by atoms with E-state index in [0.717, 1.165) is 12.1 Å². The van der Waals surface area contributed by atoms with Crippen LogP contribution in [0.2, 0.25) is 0 Å². The van der Waals surface area contributed by atoms with Gasteiger partial charge in [0.2, 0.25) is 0 Å². The van der Waals surface area contributed by atoms with Crippen LogP contribution in [0.25, 0.3) is 99.5 Å². The third kappa shape index (κ3) is 7.13. The molecule has 0 bridgehead atoms. The molecule has 3 heteroatoms. The maximum atomic E-state index is 4.92. The van der Waals surface area contributed by atoms with Crippen LogP contribution < -0.4 is 0 Å². The Balaban J connectivity index is 0.000000487. The molecule has 12 rings (SSSR count). The first kappa shape index (κ1) is 40.1. The Bertz CT molecular complexity index is 3640. The van der Waals surface area contributed by atoms with Gasteiger partial charge in [0.05, 0.1) is 22.1 Å². The number of para-hydroxylation sites is 3. The van der Waals surface area contributed by atoms with Gasteiger partial charge in [0, 0.05) is 32.9 Å². The Morgan fingerprint density at radius 2 is 0.788 bits per heavy atom. The molecule has 1 aliphatic rings. The van der Waals surface area contributed by atoms with Gasteiger partial charge < -0.3 is 13.9 Å². The highest BCUT2D eigenvalue weighted by Gasteiger charge is 2.22. The predicted octanol–water partition coefficient (Wildman–Crippen LogP) is 16.9. The molecule has 0 spiro atoms. The minimum atomic E-state index is 0.486. The summed E-state index contributed by atoms with van der Waals surface area (Å²) in [6, 6.07) is 75.9. The van der Waals surface area contributed by atoms with Crippen LogP contribution in [0.3, 0.4) is 0 Å². The number of aromatic nitrogens is 2. The van der Waals surface area contributed by atoms with E-state index in [1.54, 1.807) is 0 Å². The maximum absolute atomic E-state index is 4.92. The number of fused-ring (bicyclic) bond motifs is 9. The fourth-order valence-corrected chi connectivity index (χ4v) is 9.67. The van der Waals surface area contributed by atoms with Crippen molar-refractivity contribution >= 4 is 43.6 Å². The van der Waals surface area contributed by atoms with Crippen LogP contribution in [0.1, 0.15) is 11.1 Å². The Kier molecular flexibility index (Phi) is 10.2. The Hall–Kier alpha value is -8.66. The first-order valence-electron chi connectivity index (χ1n) is 22.3. The molecule has 9 aromatic carbocycles. The second kappa shape index (κ2) is 16.8.